The molecule has 3 N–H and O–H groups in total. The van der Waals surface area contributed by atoms with Crippen LogP contribution in [-0.2, 0) is 0 Å². The lowest BCUT2D eigenvalue weighted by molar-refractivity contribution is 0.323. The van der Waals surface area contributed by atoms with Crippen LogP contribution in [0.25, 0.3) is 0 Å². The van der Waals surface area contributed by atoms with E-state index in [1.807, 2.05) is 0 Å². The fraction of sp³-hybridized carbons (Fsp3) is 0.294. The Hall–Kier alpha value is -3.34. The van der Waals surface area contributed by atoms with Crippen molar-refractivity contribution in [2.45, 2.75) is 12.8 Å². The first kappa shape index (κ1) is 16.5. The minimum absolute atomic E-state index is 0.227. The minimum atomic E-state index is -0.507. The van der Waals surface area contributed by atoms with Gasteiger partial charge in [-0.1, -0.05) is 0 Å². The molecule has 8 heteroatoms. The van der Waals surface area contributed by atoms with Crippen LogP contribution >= 0.6 is 0 Å². The normalized spacial score (nSPS) is 15.9. The van der Waals surface area contributed by atoms with E-state index in [1.165, 1.54) is 21.3 Å². The molecule has 1 aromatic carbocycles. The van der Waals surface area contributed by atoms with Gasteiger partial charge in [-0.15, -0.1) is 0 Å². The van der Waals surface area contributed by atoms with E-state index >= 15 is 0 Å². The number of hydrogen-bond donors (Lipinski definition) is 2. The van der Waals surface area contributed by atoms with Gasteiger partial charge in [-0.3, -0.25) is 0 Å². The second-order valence-corrected chi connectivity index (χ2v) is 5.40. The zero-order valence-corrected chi connectivity index (χ0v) is 14.3. The second kappa shape index (κ2) is 6.28. The lowest BCUT2D eigenvalue weighted by Crippen LogP contribution is -2.22. The molecule has 0 fully saturated rings. The molecule has 0 spiro atoms. The number of fused-ring (bicyclic) bond motifs is 1. The summed E-state index contributed by atoms with van der Waals surface area (Å²) < 4.78 is 21.7. The highest BCUT2D eigenvalue weighted by atomic mass is 16.5. The van der Waals surface area contributed by atoms with Crippen molar-refractivity contribution < 1.29 is 18.6 Å². The van der Waals surface area contributed by atoms with Gasteiger partial charge in [0.15, 0.2) is 17.4 Å². The van der Waals surface area contributed by atoms with E-state index in [9.17, 15) is 5.26 Å². The largest absolute Gasteiger partial charge is 0.493 e. The van der Waals surface area contributed by atoms with Gasteiger partial charge in [0.2, 0.25) is 11.6 Å². The third-order valence-electron chi connectivity index (χ3n) is 4.00. The Morgan fingerprint density at radius 2 is 1.84 bits per heavy atom. The van der Waals surface area contributed by atoms with E-state index in [-0.39, 0.29) is 5.82 Å². The first-order valence-electron chi connectivity index (χ1n) is 7.48. The molecule has 0 aliphatic carbocycles. The lowest BCUT2D eigenvalue weighted by Gasteiger charge is -2.24. The van der Waals surface area contributed by atoms with Gasteiger partial charge in [-0.2, -0.15) is 5.26 Å². The summed E-state index contributed by atoms with van der Waals surface area (Å²) in [6, 6.07) is 5.70. The van der Waals surface area contributed by atoms with Gasteiger partial charge in [0.05, 0.1) is 38.9 Å². The van der Waals surface area contributed by atoms with Gasteiger partial charge >= 0.3 is 0 Å². The van der Waals surface area contributed by atoms with Crippen LogP contribution < -0.4 is 25.3 Å². The molecule has 25 heavy (non-hydrogen) atoms. The first-order chi connectivity index (χ1) is 12.0. The molecule has 1 aliphatic rings. The maximum absolute atomic E-state index is 9.61. The van der Waals surface area contributed by atoms with E-state index in [4.69, 9.17) is 24.4 Å². The summed E-state index contributed by atoms with van der Waals surface area (Å²) >= 11 is 0. The number of ether oxygens (including phenoxy) is 3. The number of benzene rings is 1. The van der Waals surface area contributed by atoms with Crippen LogP contribution in [0.5, 0.6) is 17.2 Å². The molecule has 0 saturated carbocycles. The maximum atomic E-state index is 9.61. The van der Waals surface area contributed by atoms with Crippen LogP contribution in [0.4, 0.5) is 5.88 Å². The summed E-state index contributed by atoms with van der Waals surface area (Å²) in [4.78, 5) is 4.41. The van der Waals surface area contributed by atoms with Gasteiger partial charge in [0.25, 0.3) is 0 Å². The Kier molecular flexibility index (Phi) is 4.15. The molecule has 0 unspecified atom stereocenters. The number of nitrogens with two attached hydrogens (primary N) is 1. The summed E-state index contributed by atoms with van der Waals surface area (Å²) in [6.45, 7) is 1.73. The zero-order chi connectivity index (χ0) is 18.1. The number of allylic oxidation sites excluding steroid dienone is 1. The quantitative estimate of drug-likeness (QED) is 0.869. The van der Waals surface area contributed by atoms with Gasteiger partial charge in [-0.25, -0.2) is 4.98 Å². The number of nitriles is 1. The number of rotatable bonds is 4. The number of aromatic nitrogens is 1. The number of hydrogen-bond acceptors (Lipinski definition) is 8. The molecule has 2 heterocycles. The van der Waals surface area contributed by atoms with Crippen molar-refractivity contribution in [1.82, 2.24) is 4.98 Å². The third-order valence-corrected chi connectivity index (χ3v) is 4.00. The molecule has 0 bridgehead atoms. The monoisotopic (exact) mass is 342 g/mol. The van der Waals surface area contributed by atoms with E-state index < -0.39 is 5.92 Å². The Morgan fingerprint density at radius 1 is 1.20 bits per heavy atom. The predicted molar refractivity (Wildman–Crippen MR) is 89.6 cm³/mol. The summed E-state index contributed by atoms with van der Waals surface area (Å²) in [6.07, 6.45) is 0. The number of nitrogens with one attached hydrogen (secondary N) is 1. The van der Waals surface area contributed by atoms with Gasteiger partial charge < -0.3 is 29.7 Å². The number of oxazole rings is 1. The third kappa shape index (κ3) is 2.59. The van der Waals surface area contributed by atoms with Crippen molar-refractivity contribution >= 4 is 5.88 Å². The number of aryl methyl sites for hydroxylation is 1. The van der Waals surface area contributed by atoms with Crippen LogP contribution in [-0.4, -0.2) is 26.3 Å². The van der Waals surface area contributed by atoms with Crippen molar-refractivity contribution in [2.75, 3.05) is 26.6 Å². The zero-order valence-electron chi connectivity index (χ0n) is 14.3. The topological polar surface area (TPSA) is 116 Å². The number of nitrogens with zero attached hydrogens (tertiary/aromatic N) is 2. The molecule has 1 atom stereocenters. The van der Waals surface area contributed by atoms with Gasteiger partial charge in [0, 0.05) is 6.92 Å². The van der Waals surface area contributed by atoms with Crippen molar-refractivity contribution in [3.8, 4) is 23.3 Å². The van der Waals surface area contributed by atoms with Gasteiger partial charge in [0.1, 0.15) is 11.5 Å². The average molecular weight is 342 g/mol. The fourth-order valence-corrected chi connectivity index (χ4v) is 2.93. The van der Waals surface area contributed by atoms with Crippen molar-refractivity contribution in [3.05, 3.63) is 40.7 Å². The summed E-state index contributed by atoms with van der Waals surface area (Å²) in [5.41, 5.74) is 7.66. The maximum Gasteiger partial charge on any atom is 0.223 e. The molecule has 0 saturated heterocycles. The highest BCUT2D eigenvalue weighted by molar-refractivity contribution is 5.64. The van der Waals surface area contributed by atoms with Crippen LogP contribution in [0.3, 0.4) is 0 Å². The smallest absolute Gasteiger partial charge is 0.223 e. The van der Waals surface area contributed by atoms with Gasteiger partial charge in [-0.05, 0) is 17.7 Å². The highest BCUT2D eigenvalue weighted by Crippen LogP contribution is 2.46. The number of methoxy groups -OCH3 is 3. The summed E-state index contributed by atoms with van der Waals surface area (Å²) in [7, 11) is 4.59. The van der Waals surface area contributed by atoms with Crippen LogP contribution in [0.1, 0.15) is 23.1 Å². The molecule has 8 nitrogen and oxygen atoms in total. The van der Waals surface area contributed by atoms with Crippen molar-refractivity contribution in [2.24, 2.45) is 5.73 Å². The Balaban J connectivity index is 2.25. The molecular weight excluding hydrogens is 324 g/mol. The van der Waals surface area contributed by atoms with Crippen LogP contribution in [0, 0.1) is 18.3 Å². The molecule has 130 valence electrons. The highest BCUT2D eigenvalue weighted by Gasteiger charge is 2.34. The minimum Gasteiger partial charge on any atom is -0.493 e. The SMILES string of the molecule is COc1cc([C@H]2C(C#N)=C(N)Nc3oc(C)nc32)cc(OC)c1OC. The van der Waals surface area contributed by atoms with Crippen LogP contribution in [0.2, 0.25) is 0 Å². The predicted octanol–water partition coefficient (Wildman–Crippen LogP) is 2.26. The fourth-order valence-electron chi connectivity index (χ4n) is 2.93. The van der Waals surface area contributed by atoms with Crippen LogP contribution in [0.15, 0.2) is 27.9 Å². The Bertz CT molecular complexity index is 870. The Morgan fingerprint density at radius 3 is 2.36 bits per heavy atom. The van der Waals surface area contributed by atoms with E-state index in [0.29, 0.717) is 40.3 Å². The van der Waals surface area contributed by atoms with Crippen molar-refractivity contribution in [1.29, 1.82) is 5.26 Å². The van der Waals surface area contributed by atoms with E-state index in [0.717, 1.165) is 5.56 Å². The lowest BCUT2D eigenvalue weighted by atomic mass is 9.86. The van der Waals surface area contributed by atoms with Crippen molar-refractivity contribution in [3.63, 3.8) is 0 Å². The molecular formula is C17H18N4O4. The molecule has 3 rings (SSSR count). The average Bonchev–Trinajstić information content (AvgIpc) is 2.98. The number of anilines is 1. The molecule has 0 radical (unpaired) electrons. The molecule has 1 aliphatic heterocycles. The van der Waals surface area contributed by atoms with E-state index in [2.05, 4.69) is 16.4 Å². The molecule has 1 aromatic heterocycles. The summed E-state index contributed by atoms with van der Waals surface area (Å²) in [5.74, 6) is 2.04. The summed E-state index contributed by atoms with van der Waals surface area (Å²) in [5, 5.41) is 12.5. The first-order valence-corrected chi connectivity index (χ1v) is 7.48. The second-order valence-electron chi connectivity index (χ2n) is 5.40. The standard InChI is InChI=1S/C17H18N4O4/c1-8-20-14-13(10(7-18)16(19)21-17(14)25-8)9-5-11(22-2)15(24-4)12(6-9)23-3/h5-6,13,21H,19H2,1-4H3/t13-/m0/s1. The van der Waals surface area contributed by atoms with E-state index in [1.54, 1.807) is 19.1 Å². The molecule has 0 amide bonds. The molecule has 2 aromatic rings. The Labute approximate surface area is 144 Å².